The van der Waals surface area contributed by atoms with Crippen molar-refractivity contribution in [3.8, 4) is 0 Å². The molecule has 1 aromatic heterocycles. The van der Waals surface area contributed by atoms with E-state index in [1.165, 1.54) is 0 Å². The molecule has 1 atom stereocenters. The lowest BCUT2D eigenvalue weighted by Gasteiger charge is -2.09. The largest absolute Gasteiger partial charge is 0.439 e. The molecule has 1 aliphatic rings. The lowest BCUT2D eigenvalue weighted by Crippen LogP contribution is -2.12. The molecular formula is C13H12N2O2. The monoisotopic (exact) mass is 228 g/mol. The Bertz CT molecular complexity index is 595. The molecule has 1 saturated heterocycles. The van der Waals surface area contributed by atoms with Gasteiger partial charge in [-0.05, 0) is 30.7 Å². The Balaban J connectivity index is 2.02. The third-order valence-corrected chi connectivity index (χ3v) is 2.91. The molecule has 0 spiro atoms. The third kappa shape index (κ3) is 1.82. The van der Waals surface area contributed by atoms with Crippen molar-refractivity contribution in [2.75, 3.05) is 6.54 Å². The fourth-order valence-electron chi connectivity index (χ4n) is 2.02. The number of rotatable bonds is 1. The van der Waals surface area contributed by atoms with E-state index in [9.17, 15) is 4.79 Å². The summed E-state index contributed by atoms with van der Waals surface area (Å²) in [5, 5.41) is 3.71. The minimum absolute atomic E-state index is 0.187. The van der Waals surface area contributed by atoms with Crippen molar-refractivity contribution in [1.82, 2.24) is 10.3 Å². The minimum atomic E-state index is -0.350. The van der Waals surface area contributed by atoms with Crippen molar-refractivity contribution in [3.05, 3.63) is 41.6 Å². The number of amides is 1. The molecule has 0 aliphatic carbocycles. The second-order valence-electron chi connectivity index (χ2n) is 4.18. The lowest BCUT2D eigenvalue weighted by atomic mass is 10.1. The summed E-state index contributed by atoms with van der Waals surface area (Å²) in [6, 6.07) is 9.95. The van der Waals surface area contributed by atoms with Crippen LogP contribution in [0.3, 0.4) is 0 Å². The average molecular weight is 228 g/mol. The maximum atomic E-state index is 11.0. The first kappa shape index (κ1) is 10.1. The number of pyridine rings is 1. The van der Waals surface area contributed by atoms with E-state index in [4.69, 9.17) is 4.74 Å². The van der Waals surface area contributed by atoms with Crippen LogP contribution in [0.4, 0.5) is 4.79 Å². The van der Waals surface area contributed by atoms with Crippen molar-refractivity contribution in [2.45, 2.75) is 13.0 Å². The van der Waals surface area contributed by atoms with Crippen LogP contribution < -0.4 is 5.32 Å². The second kappa shape index (κ2) is 3.73. The average Bonchev–Trinajstić information content (AvgIpc) is 2.75. The molecule has 1 aliphatic heterocycles. The summed E-state index contributed by atoms with van der Waals surface area (Å²) in [5.41, 5.74) is 2.96. The summed E-state index contributed by atoms with van der Waals surface area (Å²) in [7, 11) is 0. The van der Waals surface area contributed by atoms with Crippen LogP contribution in [-0.2, 0) is 4.74 Å². The molecule has 3 rings (SSSR count). The van der Waals surface area contributed by atoms with Crippen molar-refractivity contribution in [3.63, 3.8) is 0 Å². The number of nitrogens with one attached hydrogen (secondary N) is 1. The predicted octanol–water partition coefficient (Wildman–Crippen LogP) is 2.32. The van der Waals surface area contributed by atoms with Gasteiger partial charge in [-0.25, -0.2) is 4.79 Å². The van der Waals surface area contributed by atoms with Crippen LogP contribution in [0.15, 0.2) is 30.3 Å². The maximum Gasteiger partial charge on any atom is 0.407 e. The van der Waals surface area contributed by atoms with E-state index in [1.54, 1.807) is 0 Å². The van der Waals surface area contributed by atoms with Gasteiger partial charge in [0.2, 0.25) is 0 Å². The molecule has 1 unspecified atom stereocenters. The first-order chi connectivity index (χ1) is 8.22. The molecule has 1 fully saturated rings. The third-order valence-electron chi connectivity index (χ3n) is 2.91. The highest BCUT2D eigenvalue weighted by molar-refractivity contribution is 5.80. The predicted molar refractivity (Wildman–Crippen MR) is 63.7 cm³/mol. The summed E-state index contributed by atoms with van der Waals surface area (Å²) in [6.45, 7) is 2.50. The van der Waals surface area contributed by atoms with Gasteiger partial charge in [0.25, 0.3) is 0 Å². The van der Waals surface area contributed by atoms with Gasteiger partial charge >= 0.3 is 6.09 Å². The number of aryl methyl sites for hydroxylation is 1. The highest BCUT2D eigenvalue weighted by Crippen LogP contribution is 2.24. The number of aromatic nitrogens is 1. The number of fused-ring (bicyclic) bond motifs is 1. The highest BCUT2D eigenvalue weighted by Gasteiger charge is 2.24. The zero-order chi connectivity index (χ0) is 11.8. The molecule has 4 heteroatoms. The van der Waals surface area contributed by atoms with Crippen LogP contribution in [0.25, 0.3) is 10.9 Å². The first-order valence-electron chi connectivity index (χ1n) is 5.54. The van der Waals surface area contributed by atoms with E-state index < -0.39 is 0 Å². The number of alkyl carbamates (subject to hydrolysis) is 1. The minimum Gasteiger partial charge on any atom is -0.439 e. The fourth-order valence-corrected chi connectivity index (χ4v) is 2.02. The maximum absolute atomic E-state index is 11.0. The van der Waals surface area contributed by atoms with Gasteiger partial charge in [0.15, 0.2) is 0 Å². The summed E-state index contributed by atoms with van der Waals surface area (Å²) in [5.74, 6) is 0. The number of carbonyl (C=O) groups is 1. The lowest BCUT2D eigenvalue weighted by molar-refractivity contribution is 0.141. The van der Waals surface area contributed by atoms with Gasteiger partial charge in [0.1, 0.15) is 6.10 Å². The number of hydrogen-bond donors (Lipinski definition) is 1. The number of hydrogen-bond acceptors (Lipinski definition) is 3. The second-order valence-corrected chi connectivity index (χ2v) is 4.18. The van der Waals surface area contributed by atoms with Gasteiger partial charge in [-0.2, -0.15) is 0 Å². The summed E-state index contributed by atoms with van der Waals surface area (Å²) >= 11 is 0. The zero-order valence-electron chi connectivity index (χ0n) is 9.43. The standard InChI is InChI=1S/C13H12N2O2/c1-8-2-3-9-6-10(4-5-11(9)15-8)12-7-14-13(16)17-12/h2-6,12H,7H2,1H3,(H,14,16). The van der Waals surface area contributed by atoms with Crippen LogP contribution >= 0.6 is 0 Å². The van der Waals surface area contributed by atoms with Gasteiger partial charge in [-0.1, -0.05) is 12.1 Å². The normalized spacial score (nSPS) is 19.1. The van der Waals surface area contributed by atoms with E-state index in [-0.39, 0.29) is 12.2 Å². The molecule has 2 heterocycles. The van der Waals surface area contributed by atoms with Crippen molar-refractivity contribution < 1.29 is 9.53 Å². The molecule has 0 bridgehead atoms. The van der Waals surface area contributed by atoms with Gasteiger partial charge in [-0.3, -0.25) is 4.98 Å². The number of carbonyl (C=O) groups excluding carboxylic acids is 1. The fraction of sp³-hybridized carbons (Fsp3) is 0.231. The Morgan fingerprint density at radius 3 is 3.00 bits per heavy atom. The van der Waals surface area contributed by atoms with E-state index in [2.05, 4.69) is 10.3 Å². The molecule has 17 heavy (non-hydrogen) atoms. The molecule has 1 aromatic carbocycles. The number of benzene rings is 1. The molecule has 2 aromatic rings. The Labute approximate surface area is 98.6 Å². The van der Waals surface area contributed by atoms with Crippen LogP contribution in [0.2, 0.25) is 0 Å². The van der Waals surface area contributed by atoms with E-state index in [1.807, 2.05) is 37.3 Å². The van der Waals surface area contributed by atoms with Gasteiger partial charge in [0, 0.05) is 11.1 Å². The number of cyclic esters (lactones) is 1. The molecule has 86 valence electrons. The van der Waals surface area contributed by atoms with Crippen LogP contribution in [0.1, 0.15) is 17.4 Å². The molecule has 0 radical (unpaired) electrons. The van der Waals surface area contributed by atoms with Gasteiger partial charge in [-0.15, -0.1) is 0 Å². The Morgan fingerprint density at radius 1 is 1.35 bits per heavy atom. The zero-order valence-corrected chi connectivity index (χ0v) is 9.43. The molecule has 4 nitrogen and oxygen atoms in total. The van der Waals surface area contributed by atoms with Crippen LogP contribution in [-0.4, -0.2) is 17.6 Å². The highest BCUT2D eigenvalue weighted by atomic mass is 16.6. The molecule has 0 saturated carbocycles. The number of nitrogens with zero attached hydrogens (tertiary/aromatic N) is 1. The summed E-state index contributed by atoms with van der Waals surface area (Å²) < 4.78 is 5.15. The van der Waals surface area contributed by atoms with E-state index >= 15 is 0 Å². The molecule has 1 amide bonds. The van der Waals surface area contributed by atoms with Crippen molar-refractivity contribution >= 4 is 17.0 Å². The smallest absolute Gasteiger partial charge is 0.407 e. The van der Waals surface area contributed by atoms with Crippen molar-refractivity contribution in [2.24, 2.45) is 0 Å². The summed E-state index contributed by atoms with van der Waals surface area (Å²) in [6.07, 6.45) is -0.537. The topological polar surface area (TPSA) is 51.2 Å². The van der Waals surface area contributed by atoms with E-state index in [0.29, 0.717) is 6.54 Å². The summed E-state index contributed by atoms with van der Waals surface area (Å²) in [4.78, 5) is 15.4. The van der Waals surface area contributed by atoms with Gasteiger partial charge in [0.05, 0.1) is 12.1 Å². The van der Waals surface area contributed by atoms with Crippen LogP contribution in [0, 0.1) is 6.92 Å². The van der Waals surface area contributed by atoms with E-state index in [0.717, 1.165) is 22.2 Å². The molecule has 1 N–H and O–H groups in total. The Kier molecular flexibility index (Phi) is 2.21. The number of ether oxygens (including phenoxy) is 1. The van der Waals surface area contributed by atoms with Gasteiger partial charge < -0.3 is 10.1 Å². The quantitative estimate of drug-likeness (QED) is 0.815. The molecular weight excluding hydrogens is 216 g/mol. The Morgan fingerprint density at radius 2 is 2.24 bits per heavy atom. The van der Waals surface area contributed by atoms with Crippen molar-refractivity contribution in [1.29, 1.82) is 0 Å². The SMILES string of the molecule is Cc1ccc2cc(C3CNC(=O)O3)ccc2n1. The van der Waals surface area contributed by atoms with Crippen LogP contribution in [0.5, 0.6) is 0 Å². The Hall–Kier alpha value is -2.10. The first-order valence-corrected chi connectivity index (χ1v) is 5.54.